The summed E-state index contributed by atoms with van der Waals surface area (Å²) in [5.41, 5.74) is 1.67. The van der Waals surface area contributed by atoms with Crippen molar-refractivity contribution in [3.63, 3.8) is 0 Å². The van der Waals surface area contributed by atoms with E-state index in [9.17, 15) is 18.0 Å². The van der Waals surface area contributed by atoms with E-state index < -0.39 is 10.0 Å². The highest BCUT2D eigenvalue weighted by Gasteiger charge is 2.16. The molecule has 0 aliphatic rings. The lowest BCUT2D eigenvalue weighted by Gasteiger charge is -2.10. The van der Waals surface area contributed by atoms with E-state index in [4.69, 9.17) is 0 Å². The molecule has 0 heterocycles. The van der Waals surface area contributed by atoms with Gasteiger partial charge >= 0.3 is 0 Å². The Hall–Kier alpha value is -2.71. The number of amides is 2. The van der Waals surface area contributed by atoms with Gasteiger partial charge in [-0.3, -0.25) is 9.59 Å². The van der Waals surface area contributed by atoms with E-state index in [1.807, 2.05) is 13.0 Å². The van der Waals surface area contributed by atoms with Crippen LogP contribution in [0.1, 0.15) is 47.1 Å². The van der Waals surface area contributed by atoms with E-state index in [-0.39, 0.29) is 29.3 Å². The van der Waals surface area contributed by atoms with Crippen LogP contribution in [0.4, 0.5) is 0 Å². The quantitative estimate of drug-likeness (QED) is 0.627. The highest BCUT2D eigenvalue weighted by atomic mass is 32.2. The second-order valence-electron chi connectivity index (χ2n) is 6.54. The smallest absolute Gasteiger partial charge is 0.251 e. The second-order valence-corrected chi connectivity index (χ2v) is 8.26. The number of carbonyl (C=O) groups excluding carboxylic acids is 2. The third-order valence-electron chi connectivity index (χ3n) is 3.80. The number of hydrogen-bond acceptors (Lipinski definition) is 4. The largest absolute Gasteiger partial charge is 0.352 e. The van der Waals surface area contributed by atoms with Crippen molar-refractivity contribution in [1.82, 2.24) is 15.4 Å². The van der Waals surface area contributed by atoms with Crippen molar-refractivity contribution in [3.8, 4) is 0 Å². The van der Waals surface area contributed by atoms with E-state index >= 15 is 0 Å². The summed E-state index contributed by atoms with van der Waals surface area (Å²) in [4.78, 5) is 24.3. The Bertz CT molecular complexity index is 938. The third kappa shape index (κ3) is 5.90. The molecule has 0 unspecified atom stereocenters. The molecule has 0 bridgehead atoms. The number of sulfonamides is 1. The summed E-state index contributed by atoms with van der Waals surface area (Å²) in [5, 5.41) is 5.50. The van der Waals surface area contributed by atoms with Crippen LogP contribution < -0.4 is 15.4 Å². The van der Waals surface area contributed by atoms with Gasteiger partial charge in [-0.2, -0.15) is 0 Å². The molecule has 0 aliphatic carbocycles. The molecular weight excluding hydrogens is 378 g/mol. The van der Waals surface area contributed by atoms with Gasteiger partial charge in [0.25, 0.3) is 11.8 Å². The predicted molar refractivity (Wildman–Crippen MR) is 108 cm³/mol. The maximum Gasteiger partial charge on any atom is 0.251 e. The molecule has 3 N–H and O–H groups in total. The first kappa shape index (κ1) is 21.6. The fourth-order valence-electron chi connectivity index (χ4n) is 2.53. The molecule has 0 radical (unpaired) electrons. The molecule has 28 heavy (non-hydrogen) atoms. The molecule has 0 saturated carbocycles. The Morgan fingerprint density at radius 3 is 2.18 bits per heavy atom. The molecule has 2 aromatic carbocycles. The fraction of sp³-hybridized carbons (Fsp3) is 0.300. The van der Waals surface area contributed by atoms with E-state index in [0.29, 0.717) is 17.7 Å². The molecule has 0 fully saturated rings. The van der Waals surface area contributed by atoms with Crippen LogP contribution in [0.15, 0.2) is 53.4 Å². The first-order valence-electron chi connectivity index (χ1n) is 9.00. The van der Waals surface area contributed by atoms with Crippen molar-refractivity contribution in [2.75, 3.05) is 6.54 Å². The maximum atomic E-state index is 12.3. The monoisotopic (exact) mass is 403 g/mol. The van der Waals surface area contributed by atoms with Crippen molar-refractivity contribution in [2.24, 2.45) is 0 Å². The number of nitrogens with one attached hydrogen (secondary N) is 3. The van der Waals surface area contributed by atoms with E-state index in [2.05, 4.69) is 15.4 Å². The minimum Gasteiger partial charge on any atom is -0.352 e. The lowest BCUT2D eigenvalue weighted by Crippen LogP contribution is -2.30. The Labute approximate surface area is 165 Å². The van der Waals surface area contributed by atoms with Crippen LogP contribution >= 0.6 is 0 Å². The molecule has 7 nitrogen and oxygen atoms in total. The van der Waals surface area contributed by atoms with Gasteiger partial charge in [0.2, 0.25) is 10.0 Å². The summed E-state index contributed by atoms with van der Waals surface area (Å²) >= 11 is 0. The van der Waals surface area contributed by atoms with E-state index in [1.54, 1.807) is 32.0 Å². The first-order chi connectivity index (χ1) is 13.2. The van der Waals surface area contributed by atoms with Crippen LogP contribution in [0.2, 0.25) is 0 Å². The van der Waals surface area contributed by atoms with Gasteiger partial charge in [0, 0.05) is 30.3 Å². The zero-order chi connectivity index (χ0) is 20.7. The number of benzene rings is 2. The van der Waals surface area contributed by atoms with E-state index in [0.717, 1.165) is 5.56 Å². The van der Waals surface area contributed by atoms with Crippen LogP contribution in [0.25, 0.3) is 0 Å². The summed E-state index contributed by atoms with van der Waals surface area (Å²) in [5.74, 6) is -0.494. The van der Waals surface area contributed by atoms with Crippen molar-refractivity contribution < 1.29 is 18.0 Å². The normalized spacial score (nSPS) is 11.3. The van der Waals surface area contributed by atoms with Gasteiger partial charge in [-0.1, -0.05) is 12.1 Å². The molecule has 2 rings (SSSR count). The lowest BCUT2D eigenvalue weighted by atomic mass is 10.1. The summed E-state index contributed by atoms with van der Waals surface area (Å²) in [7, 11) is -3.59. The zero-order valence-corrected chi connectivity index (χ0v) is 17.0. The maximum absolute atomic E-state index is 12.3. The number of hydrogen-bond donors (Lipinski definition) is 3. The minimum absolute atomic E-state index is 0.104. The lowest BCUT2D eigenvalue weighted by molar-refractivity contribution is 0.0947. The highest BCUT2D eigenvalue weighted by molar-refractivity contribution is 7.89. The zero-order valence-electron chi connectivity index (χ0n) is 16.2. The fourth-order valence-corrected chi connectivity index (χ4v) is 3.78. The molecule has 0 atom stereocenters. The Morgan fingerprint density at radius 2 is 1.57 bits per heavy atom. The van der Waals surface area contributed by atoms with Gasteiger partial charge in [0.05, 0.1) is 4.90 Å². The average molecular weight is 404 g/mol. The molecule has 8 heteroatoms. The number of rotatable bonds is 8. The van der Waals surface area contributed by atoms with Gasteiger partial charge in [-0.15, -0.1) is 0 Å². The van der Waals surface area contributed by atoms with Gasteiger partial charge in [0.1, 0.15) is 0 Å². The second kappa shape index (κ2) is 9.48. The molecule has 0 saturated heterocycles. The van der Waals surface area contributed by atoms with Crippen LogP contribution in [-0.4, -0.2) is 32.8 Å². The average Bonchev–Trinajstić information content (AvgIpc) is 2.65. The van der Waals surface area contributed by atoms with Crippen molar-refractivity contribution in [3.05, 3.63) is 65.2 Å². The molecule has 150 valence electrons. The number of carbonyl (C=O) groups is 2. The topological polar surface area (TPSA) is 104 Å². The Balaban J connectivity index is 2.02. The summed E-state index contributed by atoms with van der Waals surface area (Å²) in [6.45, 7) is 6.11. The van der Waals surface area contributed by atoms with E-state index in [1.165, 1.54) is 24.3 Å². The molecule has 0 aromatic heterocycles. The Kier molecular flexibility index (Phi) is 7.31. The van der Waals surface area contributed by atoms with Crippen molar-refractivity contribution >= 4 is 21.8 Å². The SMILES string of the molecule is CCNC(=O)c1cccc(CNC(=O)c2ccc(S(=O)(=O)NC(C)C)cc2)c1. The van der Waals surface area contributed by atoms with Gasteiger partial charge in [-0.25, -0.2) is 13.1 Å². The molecule has 0 spiro atoms. The van der Waals surface area contributed by atoms with Crippen LogP contribution in [-0.2, 0) is 16.6 Å². The van der Waals surface area contributed by atoms with Gasteiger partial charge < -0.3 is 10.6 Å². The molecule has 2 aromatic rings. The molecular formula is C20H25N3O4S. The standard InChI is InChI=1S/C20H25N3O4S/c1-4-21-20(25)17-7-5-6-15(12-17)13-22-19(24)16-8-10-18(11-9-16)28(26,27)23-14(2)3/h5-12,14,23H,4,13H2,1-3H3,(H,21,25)(H,22,24). The molecule has 2 amide bonds. The summed E-state index contributed by atoms with van der Waals surface area (Å²) in [6, 6.07) is 12.5. The van der Waals surface area contributed by atoms with Crippen molar-refractivity contribution in [1.29, 1.82) is 0 Å². The third-order valence-corrected chi connectivity index (χ3v) is 5.47. The van der Waals surface area contributed by atoms with Gasteiger partial charge in [0.15, 0.2) is 0 Å². The van der Waals surface area contributed by atoms with Crippen molar-refractivity contribution in [2.45, 2.75) is 38.3 Å². The predicted octanol–water partition coefficient (Wildman–Crippen LogP) is 2.05. The Morgan fingerprint density at radius 1 is 0.929 bits per heavy atom. The first-order valence-corrected chi connectivity index (χ1v) is 10.5. The van der Waals surface area contributed by atoms with Crippen LogP contribution in [0.5, 0.6) is 0 Å². The van der Waals surface area contributed by atoms with Crippen LogP contribution in [0.3, 0.4) is 0 Å². The highest BCUT2D eigenvalue weighted by Crippen LogP contribution is 2.12. The summed E-state index contributed by atoms with van der Waals surface area (Å²) in [6.07, 6.45) is 0. The van der Waals surface area contributed by atoms with Crippen LogP contribution in [0, 0.1) is 0 Å². The molecule has 0 aliphatic heterocycles. The minimum atomic E-state index is -3.59. The van der Waals surface area contributed by atoms with Gasteiger partial charge in [-0.05, 0) is 62.7 Å². The summed E-state index contributed by atoms with van der Waals surface area (Å²) < 4.78 is 26.7.